The van der Waals surface area contributed by atoms with Crippen LogP contribution in [0.4, 0.5) is 0 Å². The third-order valence-electron chi connectivity index (χ3n) is 5.45. The van der Waals surface area contributed by atoms with E-state index in [1.807, 2.05) is 42.5 Å². The van der Waals surface area contributed by atoms with Gasteiger partial charge in [-0.2, -0.15) is 0 Å². The van der Waals surface area contributed by atoms with Gasteiger partial charge >= 0.3 is 0 Å². The highest BCUT2D eigenvalue weighted by Gasteiger charge is 2.41. The molecule has 27 heavy (non-hydrogen) atoms. The van der Waals surface area contributed by atoms with E-state index >= 15 is 0 Å². The van der Waals surface area contributed by atoms with Crippen molar-refractivity contribution in [3.8, 4) is 11.8 Å². The number of hydrogen-bond donors (Lipinski definition) is 1. The fourth-order valence-electron chi connectivity index (χ4n) is 4.02. The maximum absolute atomic E-state index is 11.3. The van der Waals surface area contributed by atoms with Crippen LogP contribution in [0.3, 0.4) is 0 Å². The van der Waals surface area contributed by atoms with Crippen molar-refractivity contribution < 1.29 is 5.11 Å². The molecule has 142 valence electrons. The zero-order valence-electron chi connectivity index (χ0n) is 16.2. The molecular formula is C24H28ClNO. The van der Waals surface area contributed by atoms with Crippen LogP contribution in [0.1, 0.15) is 30.4 Å². The molecule has 1 saturated carbocycles. The third-order valence-corrected chi connectivity index (χ3v) is 5.70. The van der Waals surface area contributed by atoms with Gasteiger partial charge in [0, 0.05) is 23.0 Å². The van der Waals surface area contributed by atoms with Crippen molar-refractivity contribution >= 4 is 11.6 Å². The van der Waals surface area contributed by atoms with Gasteiger partial charge in [-0.05, 0) is 75.5 Å². The topological polar surface area (TPSA) is 23.5 Å². The van der Waals surface area contributed by atoms with Gasteiger partial charge in [0.1, 0.15) is 5.60 Å². The van der Waals surface area contributed by atoms with Crippen LogP contribution in [0.2, 0.25) is 5.02 Å². The quantitative estimate of drug-likeness (QED) is 0.779. The molecule has 1 N–H and O–H groups in total. The smallest absolute Gasteiger partial charge is 0.129 e. The van der Waals surface area contributed by atoms with Crippen LogP contribution in [-0.4, -0.2) is 36.2 Å². The summed E-state index contributed by atoms with van der Waals surface area (Å²) in [5.74, 6) is 7.13. The highest BCUT2D eigenvalue weighted by molar-refractivity contribution is 6.30. The third kappa shape index (κ3) is 5.59. The predicted octanol–water partition coefficient (Wildman–Crippen LogP) is 4.64. The second-order valence-electron chi connectivity index (χ2n) is 7.97. The first-order chi connectivity index (χ1) is 12.9. The number of halogens is 1. The Kier molecular flexibility index (Phi) is 6.60. The molecule has 0 radical (unpaired) electrons. The van der Waals surface area contributed by atoms with E-state index in [9.17, 15) is 5.11 Å². The summed E-state index contributed by atoms with van der Waals surface area (Å²) < 4.78 is 0. The van der Waals surface area contributed by atoms with Crippen molar-refractivity contribution in [2.75, 3.05) is 20.6 Å². The Labute approximate surface area is 168 Å². The summed E-state index contributed by atoms with van der Waals surface area (Å²) in [5.41, 5.74) is 1.35. The van der Waals surface area contributed by atoms with Crippen molar-refractivity contribution in [1.82, 2.24) is 4.90 Å². The summed E-state index contributed by atoms with van der Waals surface area (Å²) in [6, 6.07) is 18.1. The van der Waals surface area contributed by atoms with Crippen molar-refractivity contribution in [3.63, 3.8) is 0 Å². The number of rotatable bonds is 4. The van der Waals surface area contributed by atoms with E-state index in [1.54, 1.807) is 0 Å². The van der Waals surface area contributed by atoms with Gasteiger partial charge in [-0.25, -0.2) is 0 Å². The Bertz CT molecular complexity index is 791. The summed E-state index contributed by atoms with van der Waals surface area (Å²) in [4.78, 5) is 2.16. The van der Waals surface area contributed by atoms with Crippen LogP contribution in [0.5, 0.6) is 0 Å². The first-order valence-electron chi connectivity index (χ1n) is 9.64. The van der Waals surface area contributed by atoms with Gasteiger partial charge in [0.25, 0.3) is 0 Å². The van der Waals surface area contributed by atoms with Crippen molar-refractivity contribution in [2.45, 2.75) is 31.3 Å². The molecule has 1 fully saturated rings. The van der Waals surface area contributed by atoms with E-state index < -0.39 is 5.60 Å². The standard InChI is InChI=1S/C24H28ClNO/c1-26(2)18-22-17-21(16-20-8-10-23(25)11-9-20)13-15-24(22,27)14-12-19-6-4-3-5-7-19/h3-11,21-22,27H,13,15-18H2,1-2H3. The lowest BCUT2D eigenvalue weighted by Crippen LogP contribution is -2.46. The molecule has 2 aromatic rings. The average molecular weight is 382 g/mol. The summed E-state index contributed by atoms with van der Waals surface area (Å²) in [7, 11) is 4.13. The molecule has 0 bridgehead atoms. The Morgan fingerprint density at radius 1 is 1.11 bits per heavy atom. The number of hydrogen-bond acceptors (Lipinski definition) is 2. The molecule has 0 heterocycles. The highest BCUT2D eigenvalue weighted by Crippen LogP contribution is 2.38. The lowest BCUT2D eigenvalue weighted by molar-refractivity contribution is -0.0221. The van der Waals surface area contributed by atoms with Crippen LogP contribution in [0.25, 0.3) is 0 Å². The molecule has 2 aromatic carbocycles. The van der Waals surface area contributed by atoms with Crippen molar-refractivity contribution in [3.05, 3.63) is 70.7 Å². The minimum absolute atomic E-state index is 0.148. The summed E-state index contributed by atoms with van der Waals surface area (Å²) in [6.45, 7) is 0.844. The van der Waals surface area contributed by atoms with Crippen LogP contribution >= 0.6 is 11.6 Å². The molecule has 3 heteroatoms. The fourth-order valence-corrected chi connectivity index (χ4v) is 4.14. The maximum atomic E-state index is 11.3. The van der Waals surface area contributed by atoms with Crippen molar-refractivity contribution in [2.24, 2.45) is 11.8 Å². The van der Waals surface area contributed by atoms with Gasteiger partial charge < -0.3 is 10.0 Å². The molecule has 1 aliphatic carbocycles. The minimum atomic E-state index is -0.920. The van der Waals surface area contributed by atoms with Crippen molar-refractivity contribution in [1.29, 1.82) is 0 Å². The molecule has 0 saturated heterocycles. The fraction of sp³-hybridized carbons (Fsp3) is 0.417. The van der Waals surface area contributed by atoms with Crippen LogP contribution < -0.4 is 0 Å². The molecule has 3 rings (SSSR count). The minimum Gasteiger partial charge on any atom is -0.377 e. The normalized spacial score (nSPS) is 25.1. The lowest BCUT2D eigenvalue weighted by atomic mass is 9.69. The van der Waals surface area contributed by atoms with E-state index in [1.165, 1.54) is 5.56 Å². The van der Waals surface area contributed by atoms with E-state index in [2.05, 4.69) is 43.0 Å². The number of benzene rings is 2. The Hall–Kier alpha value is -1.79. The second kappa shape index (κ2) is 8.93. The number of aliphatic hydroxyl groups is 1. The molecule has 0 aromatic heterocycles. The van der Waals surface area contributed by atoms with Gasteiger partial charge in [0.05, 0.1) is 0 Å². The molecule has 3 atom stereocenters. The van der Waals surface area contributed by atoms with Gasteiger partial charge in [-0.15, -0.1) is 0 Å². The molecule has 1 aliphatic rings. The Morgan fingerprint density at radius 3 is 2.48 bits per heavy atom. The first-order valence-corrected chi connectivity index (χ1v) is 10.0. The summed E-state index contributed by atoms with van der Waals surface area (Å²) in [5, 5.41) is 12.1. The lowest BCUT2D eigenvalue weighted by Gasteiger charge is -2.41. The molecule has 0 aliphatic heterocycles. The molecule has 2 nitrogen and oxygen atoms in total. The first kappa shape index (κ1) is 20.0. The SMILES string of the molecule is CN(C)CC1CC(Cc2ccc(Cl)cc2)CCC1(O)C#Cc1ccccc1. The number of nitrogens with zero attached hydrogens (tertiary/aromatic N) is 1. The maximum Gasteiger partial charge on any atom is 0.129 e. The summed E-state index contributed by atoms with van der Waals surface area (Å²) in [6.07, 6.45) is 3.74. The zero-order valence-corrected chi connectivity index (χ0v) is 16.9. The average Bonchev–Trinajstić information content (AvgIpc) is 2.65. The van der Waals surface area contributed by atoms with Crippen LogP contribution in [-0.2, 0) is 6.42 Å². The Balaban J connectivity index is 1.74. The van der Waals surface area contributed by atoms with Gasteiger partial charge in [-0.1, -0.05) is 53.8 Å². The van der Waals surface area contributed by atoms with Gasteiger partial charge in [-0.3, -0.25) is 0 Å². The van der Waals surface area contributed by atoms with Crippen LogP contribution in [0.15, 0.2) is 54.6 Å². The van der Waals surface area contributed by atoms with Crippen LogP contribution in [0, 0.1) is 23.7 Å². The van der Waals surface area contributed by atoms with Gasteiger partial charge in [0.15, 0.2) is 0 Å². The van der Waals surface area contributed by atoms with E-state index in [0.29, 0.717) is 5.92 Å². The van der Waals surface area contributed by atoms with E-state index in [0.717, 1.165) is 42.8 Å². The molecule has 0 amide bonds. The van der Waals surface area contributed by atoms with Gasteiger partial charge in [0.2, 0.25) is 0 Å². The molecular weight excluding hydrogens is 354 g/mol. The molecule has 3 unspecified atom stereocenters. The van der Waals surface area contributed by atoms with E-state index in [4.69, 9.17) is 11.6 Å². The van der Waals surface area contributed by atoms with E-state index in [-0.39, 0.29) is 5.92 Å². The largest absolute Gasteiger partial charge is 0.377 e. The molecule has 0 spiro atoms. The Morgan fingerprint density at radius 2 is 1.81 bits per heavy atom. The summed E-state index contributed by atoms with van der Waals surface area (Å²) >= 11 is 6.00. The zero-order chi connectivity index (χ0) is 19.3. The second-order valence-corrected chi connectivity index (χ2v) is 8.41. The predicted molar refractivity (Wildman–Crippen MR) is 113 cm³/mol. The highest BCUT2D eigenvalue weighted by atomic mass is 35.5. The monoisotopic (exact) mass is 381 g/mol.